The molecule has 0 unspecified atom stereocenters. The number of aromatic nitrogens is 1. The van der Waals surface area contributed by atoms with E-state index in [4.69, 9.17) is 14.5 Å². The third-order valence-electron chi connectivity index (χ3n) is 9.67. The summed E-state index contributed by atoms with van der Waals surface area (Å²) in [6.45, 7) is 0. The first-order valence-electron chi connectivity index (χ1n) is 16.1. The fraction of sp³-hybridized carbons (Fsp3) is 0.0227. The first-order valence-corrected chi connectivity index (χ1v) is 16.9. The van der Waals surface area contributed by atoms with E-state index in [-0.39, 0.29) is 0 Å². The zero-order valence-corrected chi connectivity index (χ0v) is 26.6. The van der Waals surface area contributed by atoms with Crippen molar-refractivity contribution in [1.82, 2.24) is 4.98 Å². The van der Waals surface area contributed by atoms with Gasteiger partial charge in [-0.05, 0) is 80.9 Å². The molecule has 1 aliphatic carbocycles. The Kier molecular flexibility index (Phi) is 5.96. The van der Waals surface area contributed by atoms with Gasteiger partial charge in [-0.15, -0.1) is 11.3 Å². The van der Waals surface area contributed by atoms with Crippen molar-refractivity contribution in [2.45, 2.75) is 5.41 Å². The van der Waals surface area contributed by atoms with Gasteiger partial charge in [-0.25, -0.2) is 4.98 Å². The van der Waals surface area contributed by atoms with Crippen LogP contribution in [0.3, 0.4) is 0 Å². The molecular weight excluding hydrogens is 607 g/mol. The number of thiazole rings is 1. The van der Waals surface area contributed by atoms with Crippen LogP contribution in [0.25, 0.3) is 43.0 Å². The highest BCUT2D eigenvalue weighted by molar-refractivity contribution is 7.21. The molecule has 0 atom stereocenters. The Labute approximate surface area is 282 Å². The summed E-state index contributed by atoms with van der Waals surface area (Å²) < 4.78 is 14.5. The molecule has 1 aliphatic heterocycles. The van der Waals surface area contributed by atoms with E-state index in [1.807, 2.05) is 12.1 Å². The maximum absolute atomic E-state index is 6.65. The van der Waals surface area contributed by atoms with Gasteiger partial charge in [0, 0.05) is 5.56 Å². The second kappa shape index (κ2) is 10.5. The molecule has 3 nitrogen and oxygen atoms in total. The largest absolute Gasteiger partial charge is 0.450 e. The second-order valence-electron chi connectivity index (χ2n) is 12.3. The monoisotopic (exact) mass is 633 g/mol. The molecule has 0 bridgehead atoms. The molecule has 0 fully saturated rings. The minimum absolute atomic E-state index is 0.492. The van der Waals surface area contributed by atoms with Crippen LogP contribution in [0, 0.1) is 0 Å². The van der Waals surface area contributed by atoms with Crippen molar-refractivity contribution in [1.29, 1.82) is 0 Å². The number of ether oxygens (including phenoxy) is 2. The minimum atomic E-state index is -0.492. The lowest BCUT2D eigenvalue weighted by Crippen LogP contribution is -2.28. The average molecular weight is 634 g/mol. The molecule has 0 amide bonds. The van der Waals surface area contributed by atoms with E-state index in [9.17, 15) is 0 Å². The van der Waals surface area contributed by atoms with E-state index >= 15 is 0 Å². The van der Waals surface area contributed by atoms with Crippen LogP contribution in [-0.2, 0) is 5.41 Å². The Morgan fingerprint density at radius 2 is 1.04 bits per heavy atom. The second-order valence-corrected chi connectivity index (χ2v) is 13.3. The zero-order valence-electron chi connectivity index (χ0n) is 25.8. The smallest absolute Gasteiger partial charge is 0.170 e. The number of rotatable bonds is 4. The molecule has 2 heterocycles. The SMILES string of the molecule is c1ccc(C2(c3ccccc3)c3ccccc3-c3cc4c(cc32)Oc2ccc(-c3ccc(-c5nc6ccccc6s5)cc3)cc2O4)cc1. The Morgan fingerprint density at radius 3 is 1.81 bits per heavy atom. The summed E-state index contributed by atoms with van der Waals surface area (Å²) in [5.41, 5.74) is 11.1. The van der Waals surface area contributed by atoms with E-state index in [0.29, 0.717) is 11.5 Å². The van der Waals surface area contributed by atoms with Gasteiger partial charge in [0.25, 0.3) is 0 Å². The number of para-hydroxylation sites is 1. The molecule has 7 aromatic carbocycles. The molecule has 0 N–H and O–H groups in total. The van der Waals surface area contributed by atoms with Crippen molar-refractivity contribution in [3.63, 3.8) is 0 Å². The van der Waals surface area contributed by atoms with Crippen molar-refractivity contribution in [3.05, 3.63) is 186 Å². The summed E-state index contributed by atoms with van der Waals surface area (Å²) in [5, 5.41) is 1.03. The molecule has 2 aliphatic rings. The van der Waals surface area contributed by atoms with Gasteiger partial charge in [0.2, 0.25) is 0 Å². The van der Waals surface area contributed by atoms with Crippen LogP contribution in [0.2, 0.25) is 0 Å². The van der Waals surface area contributed by atoms with E-state index in [2.05, 4.69) is 152 Å². The molecule has 0 saturated carbocycles. The van der Waals surface area contributed by atoms with Crippen molar-refractivity contribution < 1.29 is 9.47 Å². The maximum Gasteiger partial charge on any atom is 0.170 e. The third kappa shape index (κ3) is 4.03. The van der Waals surface area contributed by atoms with Crippen LogP contribution >= 0.6 is 11.3 Å². The topological polar surface area (TPSA) is 31.4 Å². The van der Waals surface area contributed by atoms with E-state index in [0.717, 1.165) is 44.3 Å². The Balaban J connectivity index is 1.05. The van der Waals surface area contributed by atoms with Gasteiger partial charge in [-0.3, -0.25) is 0 Å². The van der Waals surface area contributed by atoms with Crippen LogP contribution in [0.4, 0.5) is 0 Å². The molecule has 226 valence electrons. The lowest BCUT2D eigenvalue weighted by Gasteiger charge is -2.34. The van der Waals surface area contributed by atoms with Crippen molar-refractivity contribution in [2.75, 3.05) is 0 Å². The molecule has 0 radical (unpaired) electrons. The lowest BCUT2D eigenvalue weighted by atomic mass is 9.67. The van der Waals surface area contributed by atoms with Crippen LogP contribution in [-0.4, -0.2) is 4.98 Å². The molecular formula is C44H27NO2S. The van der Waals surface area contributed by atoms with Crippen LogP contribution < -0.4 is 9.47 Å². The Morgan fingerprint density at radius 1 is 0.438 bits per heavy atom. The molecule has 4 heteroatoms. The summed E-state index contributed by atoms with van der Waals surface area (Å²) in [6, 6.07) is 57.8. The van der Waals surface area contributed by atoms with E-state index in [1.54, 1.807) is 11.3 Å². The first kappa shape index (κ1) is 27.2. The maximum atomic E-state index is 6.65. The molecule has 8 aromatic rings. The highest BCUT2D eigenvalue weighted by Crippen LogP contribution is 2.59. The fourth-order valence-electron chi connectivity index (χ4n) is 7.50. The molecule has 10 rings (SSSR count). The van der Waals surface area contributed by atoms with Gasteiger partial charge >= 0.3 is 0 Å². The molecule has 48 heavy (non-hydrogen) atoms. The summed E-state index contributed by atoms with van der Waals surface area (Å²) >= 11 is 1.72. The summed E-state index contributed by atoms with van der Waals surface area (Å²) in [7, 11) is 0. The van der Waals surface area contributed by atoms with Gasteiger partial charge in [0.1, 0.15) is 5.01 Å². The van der Waals surface area contributed by atoms with Gasteiger partial charge < -0.3 is 9.47 Å². The number of nitrogens with zero attached hydrogens (tertiary/aromatic N) is 1. The highest BCUT2D eigenvalue weighted by atomic mass is 32.1. The van der Waals surface area contributed by atoms with E-state index in [1.165, 1.54) is 32.5 Å². The Hall–Kier alpha value is -5.97. The lowest BCUT2D eigenvalue weighted by molar-refractivity contribution is 0.359. The van der Waals surface area contributed by atoms with Gasteiger partial charge in [-0.1, -0.05) is 127 Å². The van der Waals surface area contributed by atoms with Gasteiger partial charge in [0.15, 0.2) is 23.0 Å². The highest BCUT2D eigenvalue weighted by Gasteiger charge is 2.47. The standard InChI is InChI=1S/C44H27NO2S/c1-3-11-31(12-4-1)44(32-13-5-2-6-14-32)35-16-8-7-15-33(35)34-26-40-41(27-36(34)44)46-38-24-23-30(25-39(38)47-40)28-19-21-29(22-20-28)43-45-37-17-9-10-18-42(37)48-43/h1-27H. The zero-order chi connectivity index (χ0) is 31.7. The molecule has 1 aromatic heterocycles. The number of hydrogen-bond acceptors (Lipinski definition) is 4. The number of benzene rings is 7. The van der Waals surface area contributed by atoms with Crippen LogP contribution in [0.15, 0.2) is 164 Å². The van der Waals surface area contributed by atoms with Crippen LogP contribution in [0.1, 0.15) is 22.3 Å². The quantitative estimate of drug-likeness (QED) is 0.193. The van der Waals surface area contributed by atoms with Gasteiger partial charge in [0.05, 0.1) is 15.6 Å². The summed E-state index contributed by atoms with van der Waals surface area (Å²) in [4.78, 5) is 4.83. The summed E-state index contributed by atoms with van der Waals surface area (Å²) in [6.07, 6.45) is 0. The van der Waals surface area contributed by atoms with Crippen molar-refractivity contribution >= 4 is 21.6 Å². The fourth-order valence-corrected chi connectivity index (χ4v) is 8.47. The van der Waals surface area contributed by atoms with Crippen LogP contribution in [0.5, 0.6) is 23.0 Å². The average Bonchev–Trinajstić information content (AvgIpc) is 3.71. The molecule has 0 saturated heterocycles. The minimum Gasteiger partial charge on any atom is -0.450 e. The van der Waals surface area contributed by atoms with Crippen molar-refractivity contribution in [2.24, 2.45) is 0 Å². The predicted octanol–water partition coefficient (Wildman–Crippen LogP) is 11.9. The Bertz CT molecular complexity index is 2430. The van der Waals surface area contributed by atoms with Gasteiger partial charge in [-0.2, -0.15) is 0 Å². The third-order valence-corrected chi connectivity index (χ3v) is 10.8. The number of fused-ring (bicyclic) bond motifs is 6. The summed E-state index contributed by atoms with van der Waals surface area (Å²) in [5.74, 6) is 2.85. The van der Waals surface area contributed by atoms with E-state index < -0.39 is 5.41 Å². The normalized spacial score (nSPS) is 13.5. The first-order chi connectivity index (χ1) is 23.8. The predicted molar refractivity (Wildman–Crippen MR) is 194 cm³/mol. The van der Waals surface area contributed by atoms with Crippen molar-refractivity contribution in [3.8, 4) is 55.8 Å². The number of hydrogen-bond donors (Lipinski definition) is 0. The molecule has 0 spiro atoms.